The van der Waals surface area contributed by atoms with Crippen LogP contribution in [0.1, 0.15) is 97.8 Å². The molecule has 108 valence electrons. The van der Waals surface area contributed by atoms with Crippen LogP contribution in [0.4, 0.5) is 0 Å². The first-order valence-corrected chi connectivity index (χ1v) is 8.46. The van der Waals surface area contributed by atoms with Gasteiger partial charge in [-0.25, -0.2) is 0 Å². The molecule has 0 aromatic carbocycles. The lowest BCUT2D eigenvalue weighted by atomic mass is 9.91. The molecule has 0 N–H and O–H groups in total. The van der Waals surface area contributed by atoms with Gasteiger partial charge in [0.05, 0.1) is 0 Å². The minimum atomic E-state index is 1.03. The fraction of sp³-hybridized carbons (Fsp3) is 0.889. The molecule has 0 saturated carbocycles. The van der Waals surface area contributed by atoms with Crippen LogP contribution in [-0.4, -0.2) is 0 Å². The van der Waals surface area contributed by atoms with Gasteiger partial charge in [-0.2, -0.15) is 0 Å². The van der Waals surface area contributed by atoms with E-state index in [-0.39, 0.29) is 0 Å². The summed E-state index contributed by atoms with van der Waals surface area (Å²) in [6, 6.07) is 0. The van der Waals surface area contributed by atoms with Crippen molar-refractivity contribution < 1.29 is 0 Å². The number of allylic oxidation sites excluding steroid dienone is 2. The van der Waals surface area contributed by atoms with Crippen LogP contribution in [0.15, 0.2) is 12.2 Å². The Morgan fingerprint density at radius 3 is 2.06 bits per heavy atom. The Labute approximate surface area is 116 Å². The first kappa shape index (κ1) is 17.7. The quantitative estimate of drug-likeness (QED) is 0.247. The van der Waals surface area contributed by atoms with Crippen LogP contribution in [0.25, 0.3) is 0 Å². The van der Waals surface area contributed by atoms with E-state index in [9.17, 15) is 0 Å². The third-order valence-corrected chi connectivity index (χ3v) is 3.88. The summed E-state index contributed by atoms with van der Waals surface area (Å²) in [5.41, 5.74) is 0. The predicted molar refractivity (Wildman–Crippen MR) is 85.1 cm³/mol. The molecular weight excluding hydrogens is 216 g/mol. The molecule has 0 bridgehead atoms. The minimum Gasteiger partial charge on any atom is -0.0917 e. The monoisotopic (exact) mass is 252 g/mol. The van der Waals surface area contributed by atoms with E-state index in [1.54, 1.807) is 0 Å². The highest BCUT2D eigenvalue weighted by molar-refractivity contribution is 4.76. The summed E-state index contributed by atoms with van der Waals surface area (Å²) in [6.07, 6.45) is 21.5. The van der Waals surface area contributed by atoms with E-state index < -0.39 is 0 Å². The van der Waals surface area contributed by atoms with Crippen molar-refractivity contribution in [3.8, 4) is 0 Å². The Bertz CT molecular complexity index is 169. The molecular formula is C18H36. The first-order chi connectivity index (χ1) is 8.85. The number of hydrogen-bond donors (Lipinski definition) is 0. The molecule has 1 atom stereocenters. The topological polar surface area (TPSA) is 0 Å². The lowest BCUT2D eigenvalue weighted by Crippen LogP contribution is -2.00. The second kappa shape index (κ2) is 14.8. The van der Waals surface area contributed by atoms with Gasteiger partial charge in [0, 0.05) is 0 Å². The van der Waals surface area contributed by atoms with Gasteiger partial charge in [-0.15, -0.1) is 0 Å². The van der Waals surface area contributed by atoms with E-state index in [2.05, 4.69) is 32.9 Å². The average Bonchev–Trinajstić information content (AvgIpc) is 2.39. The molecule has 0 aliphatic rings. The van der Waals surface area contributed by atoms with Crippen LogP contribution in [-0.2, 0) is 0 Å². The summed E-state index contributed by atoms with van der Waals surface area (Å²) in [7, 11) is 0. The van der Waals surface area contributed by atoms with Gasteiger partial charge < -0.3 is 0 Å². The molecule has 0 aromatic heterocycles. The maximum Gasteiger partial charge on any atom is -0.0351 e. The second-order valence-electron chi connectivity index (χ2n) is 5.71. The van der Waals surface area contributed by atoms with Crippen molar-refractivity contribution in [2.45, 2.75) is 97.8 Å². The Hall–Kier alpha value is -0.260. The number of hydrogen-bond acceptors (Lipinski definition) is 0. The highest BCUT2D eigenvalue weighted by atomic mass is 14.1. The third kappa shape index (κ3) is 12.2. The maximum atomic E-state index is 2.33. The molecule has 0 nitrogen and oxygen atoms in total. The molecule has 0 rings (SSSR count). The van der Waals surface area contributed by atoms with Gasteiger partial charge in [-0.05, 0) is 25.7 Å². The van der Waals surface area contributed by atoms with Gasteiger partial charge in [0.1, 0.15) is 0 Å². The van der Waals surface area contributed by atoms with Crippen LogP contribution in [0.2, 0.25) is 0 Å². The van der Waals surface area contributed by atoms with Crippen molar-refractivity contribution >= 4 is 0 Å². The molecule has 0 spiro atoms. The van der Waals surface area contributed by atoms with E-state index in [0.29, 0.717) is 0 Å². The molecule has 0 fully saturated rings. The van der Waals surface area contributed by atoms with Gasteiger partial charge in [0.25, 0.3) is 0 Å². The normalized spacial score (nSPS) is 13.3. The van der Waals surface area contributed by atoms with E-state index in [1.165, 1.54) is 77.0 Å². The van der Waals surface area contributed by atoms with Crippen LogP contribution in [0.5, 0.6) is 0 Å². The van der Waals surface area contributed by atoms with Crippen molar-refractivity contribution in [3.63, 3.8) is 0 Å². The molecule has 0 saturated heterocycles. The van der Waals surface area contributed by atoms with Crippen molar-refractivity contribution in [3.05, 3.63) is 12.2 Å². The fourth-order valence-corrected chi connectivity index (χ4v) is 2.73. The Kier molecular flexibility index (Phi) is 14.6. The van der Waals surface area contributed by atoms with Crippen molar-refractivity contribution in [1.82, 2.24) is 0 Å². The highest BCUT2D eigenvalue weighted by Gasteiger charge is 2.06. The molecule has 0 heteroatoms. The fourth-order valence-electron chi connectivity index (χ4n) is 2.73. The minimum absolute atomic E-state index is 1.03. The summed E-state index contributed by atoms with van der Waals surface area (Å²) in [4.78, 5) is 0. The van der Waals surface area contributed by atoms with E-state index in [1.807, 2.05) is 0 Å². The smallest absolute Gasteiger partial charge is 0.0351 e. The lowest BCUT2D eigenvalue weighted by molar-refractivity contribution is 0.383. The molecule has 0 aromatic rings. The van der Waals surface area contributed by atoms with Crippen LogP contribution >= 0.6 is 0 Å². The lowest BCUT2D eigenvalue weighted by Gasteiger charge is -2.15. The van der Waals surface area contributed by atoms with Crippen molar-refractivity contribution in [2.24, 2.45) is 5.92 Å². The number of rotatable bonds is 13. The Morgan fingerprint density at radius 1 is 0.722 bits per heavy atom. The zero-order valence-corrected chi connectivity index (χ0v) is 13.2. The summed E-state index contributed by atoms with van der Waals surface area (Å²) < 4.78 is 0. The molecule has 0 radical (unpaired) electrons. The summed E-state index contributed by atoms with van der Waals surface area (Å²) >= 11 is 0. The molecule has 0 amide bonds. The third-order valence-electron chi connectivity index (χ3n) is 3.88. The van der Waals surface area contributed by atoms with Crippen molar-refractivity contribution in [1.29, 1.82) is 0 Å². The standard InChI is InChI=1S/C18H36/c1-4-7-9-10-11-12-13-14-17-18(15-6-3)16-8-5-2/h4,7,18H,5-6,8-17H2,1-3H3/b7-4+. The van der Waals surface area contributed by atoms with Gasteiger partial charge in [0.2, 0.25) is 0 Å². The molecule has 0 heterocycles. The largest absolute Gasteiger partial charge is 0.0917 e. The number of unbranched alkanes of at least 4 members (excludes halogenated alkanes) is 6. The summed E-state index contributed by atoms with van der Waals surface area (Å²) in [5, 5.41) is 0. The zero-order valence-electron chi connectivity index (χ0n) is 13.2. The second-order valence-corrected chi connectivity index (χ2v) is 5.71. The maximum absolute atomic E-state index is 2.33. The molecule has 0 aliphatic heterocycles. The Morgan fingerprint density at radius 2 is 1.39 bits per heavy atom. The van der Waals surface area contributed by atoms with Crippen molar-refractivity contribution in [2.75, 3.05) is 0 Å². The highest BCUT2D eigenvalue weighted by Crippen LogP contribution is 2.22. The molecule has 1 unspecified atom stereocenters. The Balaban J connectivity index is 3.36. The SMILES string of the molecule is C/C=C/CCCCCCCC(CCC)CCCC. The van der Waals surface area contributed by atoms with E-state index in [4.69, 9.17) is 0 Å². The average molecular weight is 252 g/mol. The van der Waals surface area contributed by atoms with Crippen LogP contribution in [0, 0.1) is 5.92 Å². The first-order valence-electron chi connectivity index (χ1n) is 8.46. The predicted octanol–water partition coefficient (Wildman–Crippen LogP) is 6.90. The van der Waals surface area contributed by atoms with Crippen LogP contribution < -0.4 is 0 Å². The molecule has 0 aliphatic carbocycles. The molecule has 18 heavy (non-hydrogen) atoms. The van der Waals surface area contributed by atoms with E-state index >= 15 is 0 Å². The van der Waals surface area contributed by atoms with Gasteiger partial charge in [-0.1, -0.05) is 90.2 Å². The zero-order chi connectivity index (χ0) is 13.5. The van der Waals surface area contributed by atoms with Gasteiger partial charge in [0.15, 0.2) is 0 Å². The van der Waals surface area contributed by atoms with E-state index in [0.717, 1.165) is 5.92 Å². The summed E-state index contributed by atoms with van der Waals surface area (Å²) in [6.45, 7) is 6.76. The van der Waals surface area contributed by atoms with Gasteiger partial charge in [-0.3, -0.25) is 0 Å². The van der Waals surface area contributed by atoms with Gasteiger partial charge >= 0.3 is 0 Å². The summed E-state index contributed by atoms with van der Waals surface area (Å²) in [5.74, 6) is 1.03. The van der Waals surface area contributed by atoms with Crippen LogP contribution in [0.3, 0.4) is 0 Å².